The smallest absolute Gasteiger partial charge is 0.411 e. The first-order valence-electron chi connectivity index (χ1n) is 10.9. The maximum Gasteiger partial charge on any atom is 0.411 e. The lowest BCUT2D eigenvalue weighted by Gasteiger charge is -2.43. The number of benzene rings is 2. The van der Waals surface area contributed by atoms with Gasteiger partial charge in [-0.15, -0.1) is 0 Å². The molecule has 0 aliphatic carbocycles. The molecule has 1 aliphatic rings. The number of hydrogen-bond acceptors (Lipinski definition) is 4. The van der Waals surface area contributed by atoms with Crippen molar-refractivity contribution < 1.29 is 19.0 Å². The maximum atomic E-state index is 13.5. The van der Waals surface area contributed by atoms with Crippen molar-refractivity contribution in [2.75, 3.05) is 13.2 Å². The second-order valence-corrected chi connectivity index (χ2v) is 8.19. The second kappa shape index (κ2) is 9.49. The second-order valence-electron chi connectivity index (χ2n) is 8.19. The molecule has 0 spiro atoms. The van der Waals surface area contributed by atoms with Gasteiger partial charge in [0.05, 0.1) is 12.2 Å². The Hall–Kier alpha value is -3.25. The Labute approximate surface area is 187 Å². The summed E-state index contributed by atoms with van der Waals surface area (Å²) >= 11 is 0. The van der Waals surface area contributed by atoms with Crippen LogP contribution in [0.1, 0.15) is 43.4 Å². The van der Waals surface area contributed by atoms with Crippen LogP contribution in [0.2, 0.25) is 0 Å². The van der Waals surface area contributed by atoms with E-state index in [9.17, 15) is 14.3 Å². The van der Waals surface area contributed by atoms with Crippen molar-refractivity contribution in [2.45, 2.75) is 37.8 Å². The zero-order chi connectivity index (χ0) is 22.6. The normalized spacial score (nSPS) is 19.5. The first-order valence-corrected chi connectivity index (χ1v) is 10.9. The Balaban J connectivity index is 1.51. The molecule has 2 unspecified atom stereocenters. The average molecular weight is 435 g/mol. The highest BCUT2D eigenvalue weighted by molar-refractivity contribution is 5.70. The summed E-state index contributed by atoms with van der Waals surface area (Å²) < 4.78 is 19.5. The van der Waals surface area contributed by atoms with Crippen LogP contribution in [-0.4, -0.2) is 34.2 Å². The summed E-state index contributed by atoms with van der Waals surface area (Å²) in [6.07, 6.45) is 4.24. The van der Waals surface area contributed by atoms with E-state index >= 15 is 0 Å². The van der Waals surface area contributed by atoms with E-state index in [2.05, 4.69) is 4.98 Å². The Morgan fingerprint density at radius 1 is 1.12 bits per heavy atom. The summed E-state index contributed by atoms with van der Waals surface area (Å²) in [5.41, 5.74) is 2.78. The molecular formula is C26H27FN2O3. The maximum absolute atomic E-state index is 13.5. The minimum absolute atomic E-state index is 0.0550. The molecule has 6 heteroatoms. The molecule has 3 aromatic rings. The zero-order valence-corrected chi connectivity index (χ0v) is 18.1. The number of aliphatic hydroxyl groups is 1. The Morgan fingerprint density at radius 3 is 2.53 bits per heavy atom. The molecule has 32 heavy (non-hydrogen) atoms. The van der Waals surface area contributed by atoms with Gasteiger partial charge in [-0.1, -0.05) is 54.6 Å². The molecule has 0 saturated carbocycles. The molecule has 0 bridgehead atoms. The van der Waals surface area contributed by atoms with Crippen LogP contribution in [0.25, 0.3) is 11.1 Å². The van der Waals surface area contributed by atoms with Gasteiger partial charge in [-0.05, 0) is 42.5 Å². The highest BCUT2D eigenvalue weighted by atomic mass is 19.1. The van der Waals surface area contributed by atoms with E-state index in [0.29, 0.717) is 31.4 Å². The lowest BCUT2D eigenvalue weighted by Crippen LogP contribution is -2.48. The minimum Gasteiger partial charge on any atom is -0.438 e. The number of ether oxygens (including phenoxy) is 1. The predicted octanol–water partition coefficient (Wildman–Crippen LogP) is 5.46. The topological polar surface area (TPSA) is 62.7 Å². The Kier molecular flexibility index (Phi) is 6.51. The molecule has 1 N–H and O–H groups in total. The number of cyclic esters (lactones) is 1. The van der Waals surface area contributed by atoms with E-state index in [1.807, 2.05) is 61.5 Å². The lowest BCUT2D eigenvalue weighted by molar-refractivity contribution is -0.0680. The van der Waals surface area contributed by atoms with E-state index in [1.165, 1.54) is 12.3 Å². The van der Waals surface area contributed by atoms with Gasteiger partial charge in [-0.3, -0.25) is 4.98 Å². The predicted molar refractivity (Wildman–Crippen MR) is 120 cm³/mol. The van der Waals surface area contributed by atoms with Gasteiger partial charge in [0, 0.05) is 31.3 Å². The van der Waals surface area contributed by atoms with Crippen molar-refractivity contribution in [3.05, 3.63) is 90.0 Å². The summed E-state index contributed by atoms with van der Waals surface area (Å²) in [7, 11) is 0. The van der Waals surface area contributed by atoms with Gasteiger partial charge in [-0.25, -0.2) is 9.18 Å². The molecule has 2 aromatic carbocycles. The number of aromatic nitrogens is 1. The van der Waals surface area contributed by atoms with E-state index in [0.717, 1.165) is 16.7 Å². The van der Waals surface area contributed by atoms with Crippen LogP contribution < -0.4 is 0 Å². The molecular weight excluding hydrogens is 407 g/mol. The van der Waals surface area contributed by atoms with E-state index < -0.39 is 5.60 Å². The number of nitrogens with zero attached hydrogens (tertiary/aromatic N) is 2. The molecule has 1 amide bonds. The molecule has 1 saturated heterocycles. The van der Waals surface area contributed by atoms with Crippen molar-refractivity contribution >= 4 is 6.09 Å². The number of aliphatic hydroxyl groups excluding tert-OH is 1. The van der Waals surface area contributed by atoms with Gasteiger partial charge < -0.3 is 14.7 Å². The number of pyridine rings is 1. The van der Waals surface area contributed by atoms with Crippen molar-refractivity contribution in [1.82, 2.24) is 9.88 Å². The number of rotatable bonds is 7. The standard InChI is InChI=1S/C26H27FN2O3/c1-19(20-8-10-21(11-9-20)22-16-24(27)18-28-17-22)29-14-13-26(12-5-15-30,32-25(29)31)23-6-3-2-4-7-23/h2-4,6-11,16-19,30H,5,12-15H2,1H3. The summed E-state index contributed by atoms with van der Waals surface area (Å²) in [4.78, 5) is 18.7. The molecule has 1 aromatic heterocycles. The van der Waals surface area contributed by atoms with Crippen molar-refractivity contribution in [1.29, 1.82) is 0 Å². The fraction of sp³-hybridized carbons (Fsp3) is 0.308. The third kappa shape index (κ3) is 4.50. The van der Waals surface area contributed by atoms with Crippen LogP contribution in [-0.2, 0) is 10.3 Å². The van der Waals surface area contributed by atoms with Gasteiger partial charge >= 0.3 is 6.09 Å². The first-order chi connectivity index (χ1) is 15.5. The van der Waals surface area contributed by atoms with Crippen LogP contribution in [0.5, 0.6) is 0 Å². The summed E-state index contributed by atoms with van der Waals surface area (Å²) in [5, 5.41) is 9.36. The molecule has 1 fully saturated rings. The third-order valence-electron chi connectivity index (χ3n) is 6.21. The molecule has 4 rings (SSSR count). The van der Waals surface area contributed by atoms with E-state index in [1.54, 1.807) is 11.1 Å². The number of carbonyl (C=O) groups is 1. The van der Waals surface area contributed by atoms with Gasteiger partial charge in [-0.2, -0.15) is 0 Å². The van der Waals surface area contributed by atoms with Gasteiger partial charge in [0.15, 0.2) is 0 Å². The highest BCUT2D eigenvalue weighted by Gasteiger charge is 2.43. The van der Waals surface area contributed by atoms with E-state index in [4.69, 9.17) is 4.74 Å². The van der Waals surface area contributed by atoms with Crippen LogP contribution in [0, 0.1) is 5.82 Å². The SMILES string of the molecule is CC(c1ccc(-c2cncc(F)c2)cc1)N1CCC(CCCO)(c2ccccc2)OC1=O. The molecule has 5 nitrogen and oxygen atoms in total. The lowest BCUT2D eigenvalue weighted by atomic mass is 9.84. The fourth-order valence-electron chi connectivity index (χ4n) is 4.35. The number of carbonyl (C=O) groups excluding carboxylic acids is 1. The minimum atomic E-state index is -0.717. The quantitative estimate of drug-likeness (QED) is 0.536. The average Bonchev–Trinajstić information content (AvgIpc) is 2.83. The number of amides is 1. The summed E-state index contributed by atoms with van der Waals surface area (Å²) in [5.74, 6) is -0.376. The van der Waals surface area contributed by atoms with Gasteiger partial charge in [0.2, 0.25) is 0 Å². The number of halogens is 1. The Morgan fingerprint density at radius 2 is 1.88 bits per heavy atom. The zero-order valence-electron chi connectivity index (χ0n) is 18.1. The van der Waals surface area contributed by atoms with Crippen molar-refractivity contribution in [2.24, 2.45) is 0 Å². The monoisotopic (exact) mass is 434 g/mol. The largest absolute Gasteiger partial charge is 0.438 e. The van der Waals surface area contributed by atoms with Crippen LogP contribution in [0.3, 0.4) is 0 Å². The molecule has 2 heterocycles. The van der Waals surface area contributed by atoms with Gasteiger partial charge in [0.1, 0.15) is 11.4 Å². The molecule has 166 valence electrons. The fourth-order valence-corrected chi connectivity index (χ4v) is 4.35. The third-order valence-corrected chi connectivity index (χ3v) is 6.21. The summed E-state index contributed by atoms with van der Waals surface area (Å²) in [6.45, 7) is 2.58. The van der Waals surface area contributed by atoms with Crippen molar-refractivity contribution in [3.8, 4) is 11.1 Å². The molecule has 2 atom stereocenters. The molecule has 1 aliphatic heterocycles. The summed E-state index contributed by atoms with van der Waals surface area (Å²) in [6, 6.07) is 18.8. The van der Waals surface area contributed by atoms with Crippen LogP contribution >= 0.6 is 0 Å². The van der Waals surface area contributed by atoms with Crippen LogP contribution in [0.15, 0.2) is 73.1 Å². The number of hydrogen-bond donors (Lipinski definition) is 1. The highest BCUT2D eigenvalue weighted by Crippen LogP contribution is 2.40. The van der Waals surface area contributed by atoms with Crippen molar-refractivity contribution in [3.63, 3.8) is 0 Å². The van der Waals surface area contributed by atoms with Gasteiger partial charge in [0.25, 0.3) is 0 Å². The van der Waals surface area contributed by atoms with E-state index in [-0.39, 0.29) is 24.6 Å². The Bertz CT molecular complexity index is 1060. The van der Waals surface area contributed by atoms with Crippen LogP contribution in [0.4, 0.5) is 9.18 Å². The first kappa shape index (κ1) is 22.0. The molecule has 0 radical (unpaired) electrons.